The summed E-state index contributed by atoms with van der Waals surface area (Å²) in [5.41, 5.74) is -1.41. The molecule has 2 aromatic rings. The molecule has 1 unspecified atom stereocenters. The van der Waals surface area contributed by atoms with Gasteiger partial charge in [-0.1, -0.05) is 11.6 Å². The number of nitriles is 1. The molecule has 152 valence electrons. The molecule has 1 aromatic heterocycles. The Morgan fingerprint density at radius 2 is 2.00 bits per heavy atom. The highest BCUT2D eigenvalue weighted by atomic mass is 35.5. The molecule has 0 aliphatic heterocycles. The van der Waals surface area contributed by atoms with Gasteiger partial charge in [-0.15, -0.1) is 0 Å². The van der Waals surface area contributed by atoms with E-state index < -0.39 is 29.1 Å². The zero-order chi connectivity index (χ0) is 21.3. The summed E-state index contributed by atoms with van der Waals surface area (Å²) in [5, 5.41) is 9.03. The second-order valence-corrected chi connectivity index (χ2v) is 6.93. The van der Waals surface area contributed by atoms with Crippen molar-refractivity contribution < 1.29 is 23.5 Å². The fraction of sp³-hybridized carbons (Fsp3) is 0.400. The summed E-state index contributed by atoms with van der Waals surface area (Å²) in [5.74, 6) is -4.28. The van der Waals surface area contributed by atoms with E-state index in [0.29, 0.717) is 0 Å². The molecule has 0 saturated heterocycles. The van der Waals surface area contributed by atoms with Crippen LogP contribution in [0.15, 0.2) is 17.1 Å². The topological polar surface area (TPSA) is 98.4 Å². The average molecular weight is 421 g/mol. The molecule has 9 heteroatoms. The first kappa shape index (κ1) is 20.8. The molecule has 1 aromatic carbocycles. The van der Waals surface area contributed by atoms with Crippen molar-refractivity contribution in [2.75, 3.05) is 13.2 Å². The second-order valence-electron chi connectivity index (χ2n) is 6.53. The van der Waals surface area contributed by atoms with Crippen LogP contribution in [-0.2, 0) is 14.3 Å². The van der Waals surface area contributed by atoms with E-state index in [9.17, 15) is 19.6 Å². The molecule has 7 nitrogen and oxygen atoms in total. The number of pyridine rings is 1. The molecule has 1 heterocycles. The van der Waals surface area contributed by atoms with Crippen molar-refractivity contribution in [2.45, 2.75) is 38.6 Å². The van der Waals surface area contributed by atoms with Crippen LogP contribution in [-0.4, -0.2) is 29.7 Å². The molecule has 0 amide bonds. The van der Waals surface area contributed by atoms with Crippen molar-refractivity contribution in [3.63, 3.8) is 0 Å². The molecule has 0 N–H and O–H groups in total. The van der Waals surface area contributed by atoms with E-state index in [0.717, 1.165) is 12.8 Å². The summed E-state index contributed by atoms with van der Waals surface area (Å²) in [6.07, 6.45) is 2.74. The minimum Gasteiger partial charge on any atom is -0.465 e. The van der Waals surface area contributed by atoms with Crippen LogP contribution in [0.3, 0.4) is 0 Å². The van der Waals surface area contributed by atoms with E-state index in [2.05, 4.69) is 0 Å². The maximum absolute atomic E-state index is 15.6. The third-order valence-electron chi connectivity index (χ3n) is 4.62. The van der Waals surface area contributed by atoms with Gasteiger partial charge in [-0.05, 0) is 32.8 Å². The summed E-state index contributed by atoms with van der Waals surface area (Å²) in [4.78, 5) is 37.2. The Morgan fingerprint density at radius 1 is 1.34 bits per heavy atom. The molecule has 0 spiro atoms. The number of aromatic nitrogens is 1. The van der Waals surface area contributed by atoms with Gasteiger partial charge in [-0.25, -0.2) is 9.18 Å². The first-order valence-corrected chi connectivity index (χ1v) is 9.53. The molecule has 0 radical (unpaired) electrons. The molecule has 1 fully saturated rings. The average Bonchev–Trinajstić information content (AvgIpc) is 3.51. The van der Waals surface area contributed by atoms with Gasteiger partial charge >= 0.3 is 11.9 Å². The summed E-state index contributed by atoms with van der Waals surface area (Å²) >= 11 is 6.18. The van der Waals surface area contributed by atoms with E-state index in [1.807, 2.05) is 0 Å². The SMILES string of the molecule is CCOC(=O)c1cn(C2CC2)c2c(F)c(C(C#N)C(=O)OCC)c(Cl)cc2c1=O. The minimum absolute atomic E-state index is 0.0134. The number of benzene rings is 1. The number of halogens is 2. The highest BCUT2D eigenvalue weighted by Gasteiger charge is 2.33. The Kier molecular flexibility index (Phi) is 5.89. The van der Waals surface area contributed by atoms with E-state index in [-0.39, 0.29) is 46.3 Å². The van der Waals surface area contributed by atoms with Gasteiger partial charge in [-0.3, -0.25) is 9.59 Å². The van der Waals surface area contributed by atoms with E-state index in [4.69, 9.17) is 21.1 Å². The number of fused-ring (bicyclic) bond motifs is 1. The molecule has 1 atom stereocenters. The number of carbonyl (C=O) groups excluding carboxylic acids is 2. The van der Waals surface area contributed by atoms with Crippen LogP contribution in [0.25, 0.3) is 10.9 Å². The maximum atomic E-state index is 15.6. The highest BCUT2D eigenvalue weighted by Crippen LogP contribution is 2.40. The lowest BCUT2D eigenvalue weighted by Crippen LogP contribution is -2.23. The highest BCUT2D eigenvalue weighted by molar-refractivity contribution is 6.32. The predicted octanol–water partition coefficient (Wildman–Crippen LogP) is 3.48. The third kappa shape index (κ3) is 3.70. The van der Waals surface area contributed by atoms with Crippen LogP contribution >= 0.6 is 11.6 Å². The monoisotopic (exact) mass is 420 g/mol. The van der Waals surface area contributed by atoms with Gasteiger partial charge in [0.15, 0.2) is 11.7 Å². The first-order chi connectivity index (χ1) is 13.8. The Morgan fingerprint density at radius 3 is 2.55 bits per heavy atom. The van der Waals surface area contributed by atoms with Crippen LogP contribution in [0.1, 0.15) is 54.6 Å². The predicted molar refractivity (Wildman–Crippen MR) is 102 cm³/mol. The van der Waals surface area contributed by atoms with Crippen LogP contribution in [0.5, 0.6) is 0 Å². The largest absolute Gasteiger partial charge is 0.465 e. The van der Waals surface area contributed by atoms with Crippen LogP contribution in [0, 0.1) is 17.1 Å². The molecule has 1 aliphatic rings. The van der Waals surface area contributed by atoms with E-state index in [1.165, 1.54) is 16.8 Å². The van der Waals surface area contributed by atoms with E-state index in [1.54, 1.807) is 19.9 Å². The Bertz CT molecular complexity index is 1100. The molecular formula is C20H18ClFN2O5. The fourth-order valence-electron chi connectivity index (χ4n) is 3.18. The maximum Gasteiger partial charge on any atom is 0.343 e. The zero-order valence-electron chi connectivity index (χ0n) is 15.8. The molecule has 29 heavy (non-hydrogen) atoms. The van der Waals surface area contributed by atoms with Crippen molar-refractivity contribution in [1.29, 1.82) is 5.26 Å². The number of carbonyl (C=O) groups is 2. The molecule has 0 bridgehead atoms. The lowest BCUT2D eigenvalue weighted by atomic mass is 9.97. The second kappa shape index (κ2) is 8.21. The van der Waals surface area contributed by atoms with Gasteiger partial charge in [0.25, 0.3) is 0 Å². The first-order valence-electron chi connectivity index (χ1n) is 9.15. The Labute approximate surface area is 170 Å². The molecule has 1 saturated carbocycles. The van der Waals surface area contributed by atoms with Crippen molar-refractivity contribution in [3.05, 3.63) is 44.5 Å². The number of nitrogens with zero attached hydrogens (tertiary/aromatic N) is 2. The lowest BCUT2D eigenvalue weighted by molar-refractivity contribution is -0.143. The summed E-state index contributed by atoms with van der Waals surface area (Å²) < 4.78 is 26.8. The zero-order valence-corrected chi connectivity index (χ0v) is 16.6. The fourth-order valence-corrected chi connectivity index (χ4v) is 3.48. The number of ether oxygens (including phenoxy) is 2. The normalized spacial score (nSPS) is 14.3. The number of hydrogen-bond donors (Lipinski definition) is 0. The van der Waals surface area contributed by atoms with Crippen LogP contribution in [0.4, 0.5) is 4.39 Å². The number of rotatable bonds is 6. The minimum atomic E-state index is -1.58. The number of hydrogen-bond acceptors (Lipinski definition) is 6. The van der Waals surface area contributed by atoms with Crippen LogP contribution < -0.4 is 5.43 Å². The van der Waals surface area contributed by atoms with Gasteiger partial charge < -0.3 is 14.0 Å². The smallest absolute Gasteiger partial charge is 0.343 e. The van der Waals surface area contributed by atoms with Gasteiger partial charge in [0, 0.05) is 22.8 Å². The van der Waals surface area contributed by atoms with Crippen molar-refractivity contribution >= 4 is 34.4 Å². The van der Waals surface area contributed by atoms with Crippen LogP contribution in [0.2, 0.25) is 5.02 Å². The van der Waals surface area contributed by atoms with E-state index >= 15 is 4.39 Å². The van der Waals surface area contributed by atoms with Gasteiger partial charge in [0.2, 0.25) is 5.43 Å². The van der Waals surface area contributed by atoms with Gasteiger partial charge in [-0.2, -0.15) is 5.26 Å². The summed E-state index contributed by atoms with van der Waals surface area (Å²) in [6, 6.07) is 2.78. The quantitative estimate of drug-likeness (QED) is 0.663. The summed E-state index contributed by atoms with van der Waals surface area (Å²) in [7, 11) is 0. The molecule has 3 rings (SSSR count). The Balaban J connectivity index is 2.32. The van der Waals surface area contributed by atoms with Gasteiger partial charge in [0.05, 0.1) is 30.2 Å². The summed E-state index contributed by atoms with van der Waals surface area (Å²) in [6.45, 7) is 3.27. The van der Waals surface area contributed by atoms with Gasteiger partial charge in [0.1, 0.15) is 5.56 Å². The molecule has 1 aliphatic carbocycles. The number of esters is 2. The van der Waals surface area contributed by atoms with Crippen molar-refractivity contribution in [1.82, 2.24) is 4.57 Å². The van der Waals surface area contributed by atoms with Crippen molar-refractivity contribution in [2.24, 2.45) is 0 Å². The third-order valence-corrected chi connectivity index (χ3v) is 4.93. The Hall–Kier alpha value is -2.92. The standard InChI is InChI=1S/C20H18ClFN2O5/c1-3-28-19(26)12(8-23)15-14(21)7-11-17(16(15)22)24(10-5-6-10)9-13(18(11)25)20(27)29-4-2/h7,9-10,12H,3-6H2,1-2H3. The molecular weight excluding hydrogens is 403 g/mol. The lowest BCUT2D eigenvalue weighted by Gasteiger charge is -2.17. The van der Waals surface area contributed by atoms with Crippen molar-refractivity contribution in [3.8, 4) is 6.07 Å².